The van der Waals surface area contributed by atoms with Crippen LogP contribution in [0.2, 0.25) is 0 Å². The fourth-order valence-electron chi connectivity index (χ4n) is 8.24. The lowest BCUT2D eigenvalue weighted by atomic mass is 9.98. The van der Waals surface area contributed by atoms with Crippen LogP contribution in [0.25, 0.3) is 88.9 Å². The Balaban J connectivity index is 1.34. The van der Waals surface area contributed by atoms with E-state index in [9.17, 15) is 10.5 Å². The standard InChI is InChI=1S/C48H32N10/c1-27-51-28(2)54-47(53-27)33-16-18-38-36-12-5-7-14-41(36)57(43(38)21-33)45-23-35(32-11-9-10-31(20-32)25-49)24-46(40(45)26-50)58-42-15-8-6-13-37(42)39-19-17-34(22-44(39)58)48-55-29(3)52-30(4)56-48/h5-24H,1-4H3. The van der Waals surface area contributed by atoms with Crippen LogP contribution < -0.4 is 0 Å². The summed E-state index contributed by atoms with van der Waals surface area (Å²) in [5, 5.41) is 25.5. The number of benzene rings is 6. The second-order valence-corrected chi connectivity index (χ2v) is 14.4. The maximum atomic E-state index is 11.4. The topological polar surface area (TPSA) is 135 Å². The van der Waals surface area contributed by atoms with Gasteiger partial charge in [-0.2, -0.15) is 10.5 Å². The van der Waals surface area contributed by atoms with Crippen molar-refractivity contribution in [1.82, 2.24) is 39.0 Å². The van der Waals surface area contributed by atoms with Gasteiger partial charge in [0.25, 0.3) is 0 Å². The summed E-state index contributed by atoms with van der Waals surface area (Å²) >= 11 is 0. The normalized spacial score (nSPS) is 11.4. The molecule has 0 spiro atoms. The highest BCUT2D eigenvalue weighted by Crippen LogP contribution is 2.41. The molecule has 0 atom stereocenters. The van der Waals surface area contributed by atoms with Crippen LogP contribution >= 0.6 is 0 Å². The molecule has 0 amide bonds. The molecule has 0 bridgehead atoms. The van der Waals surface area contributed by atoms with Gasteiger partial charge in [-0.05, 0) is 87.4 Å². The van der Waals surface area contributed by atoms with Gasteiger partial charge in [0.1, 0.15) is 34.9 Å². The molecule has 274 valence electrons. The van der Waals surface area contributed by atoms with E-state index in [0.29, 0.717) is 57.4 Å². The first kappa shape index (κ1) is 34.4. The monoisotopic (exact) mass is 748 g/mol. The molecular weight excluding hydrogens is 717 g/mol. The number of nitrogens with zero attached hydrogens (tertiary/aromatic N) is 10. The molecule has 10 nitrogen and oxygen atoms in total. The first-order valence-corrected chi connectivity index (χ1v) is 18.8. The molecule has 6 aromatic carbocycles. The predicted molar refractivity (Wildman–Crippen MR) is 227 cm³/mol. The summed E-state index contributed by atoms with van der Waals surface area (Å²) < 4.78 is 4.34. The molecule has 0 saturated heterocycles. The average molecular weight is 749 g/mol. The number of para-hydroxylation sites is 2. The van der Waals surface area contributed by atoms with Crippen molar-refractivity contribution in [2.75, 3.05) is 0 Å². The van der Waals surface area contributed by atoms with Crippen LogP contribution in [0.3, 0.4) is 0 Å². The third kappa shape index (κ3) is 5.55. The van der Waals surface area contributed by atoms with Crippen molar-refractivity contribution in [3.8, 4) is 57.4 Å². The zero-order valence-electron chi connectivity index (χ0n) is 32.0. The molecule has 0 aliphatic rings. The Kier molecular flexibility index (Phi) is 7.89. The van der Waals surface area contributed by atoms with Crippen molar-refractivity contribution in [1.29, 1.82) is 10.5 Å². The molecule has 4 aromatic heterocycles. The highest BCUT2D eigenvalue weighted by Gasteiger charge is 2.23. The Bertz CT molecular complexity index is 3200. The quantitative estimate of drug-likeness (QED) is 0.170. The van der Waals surface area contributed by atoms with Gasteiger partial charge >= 0.3 is 0 Å². The Hall–Kier alpha value is -8.08. The minimum Gasteiger partial charge on any atom is -0.308 e. The van der Waals surface area contributed by atoms with E-state index in [0.717, 1.165) is 65.9 Å². The highest BCUT2D eigenvalue weighted by molar-refractivity contribution is 6.12. The third-order valence-corrected chi connectivity index (χ3v) is 10.6. The number of rotatable bonds is 5. The minimum atomic E-state index is 0.472. The summed E-state index contributed by atoms with van der Waals surface area (Å²) in [4.78, 5) is 27.6. The van der Waals surface area contributed by atoms with Gasteiger partial charge in [0.05, 0.1) is 45.1 Å². The summed E-state index contributed by atoms with van der Waals surface area (Å²) in [6.07, 6.45) is 0. The van der Waals surface area contributed by atoms with E-state index in [1.165, 1.54) is 0 Å². The van der Waals surface area contributed by atoms with Crippen LogP contribution in [0.15, 0.2) is 121 Å². The third-order valence-electron chi connectivity index (χ3n) is 10.6. The molecule has 58 heavy (non-hydrogen) atoms. The molecular formula is C48H32N10. The Morgan fingerprint density at radius 3 is 1.33 bits per heavy atom. The summed E-state index contributed by atoms with van der Waals surface area (Å²) in [7, 11) is 0. The van der Waals surface area contributed by atoms with Crippen LogP contribution in [0.5, 0.6) is 0 Å². The molecule has 0 aliphatic heterocycles. The van der Waals surface area contributed by atoms with Gasteiger partial charge in [0, 0.05) is 32.7 Å². The Morgan fingerprint density at radius 2 is 0.862 bits per heavy atom. The van der Waals surface area contributed by atoms with Gasteiger partial charge in [-0.25, -0.2) is 29.9 Å². The van der Waals surface area contributed by atoms with Gasteiger partial charge in [-0.15, -0.1) is 0 Å². The minimum absolute atomic E-state index is 0.472. The van der Waals surface area contributed by atoms with Gasteiger partial charge in [-0.3, -0.25) is 0 Å². The number of hydrogen-bond donors (Lipinski definition) is 0. The molecule has 0 fully saturated rings. The molecule has 10 aromatic rings. The maximum absolute atomic E-state index is 11.4. The molecule has 0 saturated carbocycles. The van der Waals surface area contributed by atoms with Gasteiger partial charge in [0.15, 0.2) is 11.6 Å². The fraction of sp³-hybridized carbons (Fsp3) is 0.0833. The van der Waals surface area contributed by atoms with Crippen LogP contribution in [0.1, 0.15) is 34.4 Å². The van der Waals surface area contributed by atoms with Crippen LogP contribution in [0.4, 0.5) is 0 Å². The average Bonchev–Trinajstić information content (AvgIpc) is 3.74. The lowest BCUT2D eigenvalue weighted by Crippen LogP contribution is -2.05. The van der Waals surface area contributed by atoms with Crippen LogP contribution in [-0.4, -0.2) is 39.0 Å². The van der Waals surface area contributed by atoms with E-state index in [2.05, 4.69) is 112 Å². The Labute approximate surface area is 333 Å². The fourth-order valence-corrected chi connectivity index (χ4v) is 8.24. The van der Waals surface area contributed by atoms with Gasteiger partial charge < -0.3 is 9.13 Å². The number of fused-ring (bicyclic) bond motifs is 6. The van der Waals surface area contributed by atoms with Crippen LogP contribution in [-0.2, 0) is 0 Å². The van der Waals surface area contributed by atoms with E-state index in [1.807, 2.05) is 82.3 Å². The molecule has 0 N–H and O–H groups in total. The Morgan fingerprint density at radius 1 is 0.397 bits per heavy atom. The number of nitriles is 2. The largest absolute Gasteiger partial charge is 0.308 e. The van der Waals surface area contributed by atoms with Crippen molar-refractivity contribution in [2.45, 2.75) is 27.7 Å². The molecule has 4 heterocycles. The molecule has 0 aliphatic carbocycles. The van der Waals surface area contributed by atoms with E-state index in [-0.39, 0.29) is 0 Å². The molecule has 0 unspecified atom stereocenters. The first-order chi connectivity index (χ1) is 28.3. The van der Waals surface area contributed by atoms with Crippen molar-refractivity contribution >= 4 is 43.6 Å². The number of aryl methyl sites for hydroxylation is 4. The number of hydrogen-bond acceptors (Lipinski definition) is 8. The van der Waals surface area contributed by atoms with Crippen molar-refractivity contribution in [3.05, 3.63) is 156 Å². The second-order valence-electron chi connectivity index (χ2n) is 14.4. The van der Waals surface area contributed by atoms with E-state index >= 15 is 0 Å². The smallest absolute Gasteiger partial charge is 0.163 e. The van der Waals surface area contributed by atoms with Crippen molar-refractivity contribution in [3.63, 3.8) is 0 Å². The predicted octanol–water partition coefficient (Wildman–Crippen LogP) is 10.2. The van der Waals surface area contributed by atoms with Gasteiger partial charge in [0.2, 0.25) is 0 Å². The summed E-state index contributed by atoms with van der Waals surface area (Å²) in [6, 6.07) is 45.6. The van der Waals surface area contributed by atoms with E-state index in [4.69, 9.17) is 0 Å². The van der Waals surface area contributed by atoms with E-state index in [1.54, 1.807) is 6.07 Å². The molecule has 10 rings (SSSR count). The van der Waals surface area contributed by atoms with Crippen LogP contribution in [0, 0.1) is 50.4 Å². The molecule has 10 heteroatoms. The zero-order valence-corrected chi connectivity index (χ0v) is 32.0. The summed E-state index contributed by atoms with van der Waals surface area (Å²) in [5.74, 6) is 3.72. The lowest BCUT2D eigenvalue weighted by Gasteiger charge is -2.19. The summed E-state index contributed by atoms with van der Waals surface area (Å²) in [6.45, 7) is 7.46. The summed E-state index contributed by atoms with van der Waals surface area (Å²) in [5.41, 5.74) is 9.42. The van der Waals surface area contributed by atoms with Crippen molar-refractivity contribution < 1.29 is 0 Å². The molecule has 0 radical (unpaired) electrons. The second kappa shape index (κ2) is 13.3. The SMILES string of the molecule is Cc1nc(C)nc(-c2ccc3c4ccccc4n(-c4cc(-c5cccc(C#N)c5)cc(-n5c6ccccc6c6ccc(-c7nc(C)nc(C)n7)cc65)c4C#N)c3c2)n1. The first-order valence-electron chi connectivity index (χ1n) is 18.8. The lowest BCUT2D eigenvalue weighted by molar-refractivity contribution is 0.928. The number of aromatic nitrogens is 8. The van der Waals surface area contributed by atoms with Gasteiger partial charge in [-0.1, -0.05) is 72.8 Å². The zero-order chi connectivity index (χ0) is 39.7. The van der Waals surface area contributed by atoms with E-state index < -0.39 is 0 Å². The van der Waals surface area contributed by atoms with Crippen molar-refractivity contribution in [2.24, 2.45) is 0 Å². The maximum Gasteiger partial charge on any atom is 0.163 e. The highest BCUT2D eigenvalue weighted by atomic mass is 15.0.